The summed E-state index contributed by atoms with van der Waals surface area (Å²) in [4.78, 5) is 34.8. The largest absolute Gasteiger partial charge is 0.463 e. The lowest BCUT2D eigenvalue weighted by molar-refractivity contribution is -0.134. The monoisotopic (exact) mass is 272 g/mol. The van der Waals surface area contributed by atoms with E-state index in [4.69, 9.17) is 4.42 Å². The Hall–Kier alpha value is -2.63. The first-order chi connectivity index (χ1) is 9.65. The van der Waals surface area contributed by atoms with Gasteiger partial charge in [0.05, 0.1) is 5.56 Å². The second-order valence-corrected chi connectivity index (χ2v) is 4.62. The second-order valence-electron chi connectivity index (χ2n) is 4.62. The number of para-hydroxylation sites is 1. The van der Waals surface area contributed by atoms with Crippen molar-refractivity contribution in [1.29, 1.82) is 0 Å². The number of hydrogen-bond donors (Lipinski definition) is 2. The van der Waals surface area contributed by atoms with Gasteiger partial charge < -0.3 is 9.73 Å². The Kier molecular flexibility index (Phi) is 2.98. The van der Waals surface area contributed by atoms with Crippen molar-refractivity contribution in [1.82, 2.24) is 10.6 Å². The Morgan fingerprint density at radius 2 is 2.10 bits per heavy atom. The third-order valence-electron chi connectivity index (χ3n) is 3.27. The van der Waals surface area contributed by atoms with Crippen molar-refractivity contribution in [3.8, 4) is 0 Å². The van der Waals surface area contributed by atoms with Crippen molar-refractivity contribution in [2.24, 2.45) is 0 Å². The average Bonchev–Trinajstić information content (AvgIpc) is 2.86. The zero-order valence-electron chi connectivity index (χ0n) is 10.5. The topological polar surface area (TPSA) is 88.4 Å². The zero-order valence-corrected chi connectivity index (χ0v) is 10.5. The van der Waals surface area contributed by atoms with Gasteiger partial charge in [0.25, 0.3) is 5.91 Å². The van der Waals surface area contributed by atoms with Crippen molar-refractivity contribution in [3.63, 3.8) is 0 Å². The van der Waals surface area contributed by atoms with Gasteiger partial charge in [-0.2, -0.15) is 0 Å². The molecule has 20 heavy (non-hydrogen) atoms. The summed E-state index contributed by atoms with van der Waals surface area (Å²) < 4.78 is 5.29. The normalized spacial score (nSPS) is 18.9. The van der Waals surface area contributed by atoms with Crippen LogP contribution in [-0.2, 0) is 9.59 Å². The van der Waals surface area contributed by atoms with E-state index in [0.717, 1.165) is 0 Å². The van der Waals surface area contributed by atoms with E-state index >= 15 is 0 Å². The number of fused-ring (bicyclic) bond motifs is 1. The van der Waals surface area contributed by atoms with E-state index in [-0.39, 0.29) is 18.2 Å². The number of imide groups is 1. The van der Waals surface area contributed by atoms with Gasteiger partial charge in [-0.15, -0.1) is 0 Å². The molecule has 2 N–H and O–H groups in total. The van der Waals surface area contributed by atoms with Crippen molar-refractivity contribution >= 4 is 28.7 Å². The maximum Gasteiger partial charge on any atom is 0.255 e. The fourth-order valence-electron chi connectivity index (χ4n) is 2.22. The van der Waals surface area contributed by atoms with Crippen LogP contribution < -0.4 is 10.6 Å². The van der Waals surface area contributed by atoms with Crippen LogP contribution in [0.5, 0.6) is 0 Å². The quantitative estimate of drug-likeness (QED) is 0.797. The Morgan fingerprint density at radius 1 is 1.30 bits per heavy atom. The fraction of sp³-hybridized carbons (Fsp3) is 0.214. The number of nitrogens with one attached hydrogen (secondary N) is 2. The molecule has 1 aromatic heterocycles. The molecule has 0 spiro atoms. The van der Waals surface area contributed by atoms with Gasteiger partial charge in [-0.05, 0) is 12.5 Å². The number of hydrogen-bond acceptors (Lipinski definition) is 4. The molecule has 0 bridgehead atoms. The molecule has 0 unspecified atom stereocenters. The van der Waals surface area contributed by atoms with E-state index in [2.05, 4.69) is 10.6 Å². The first-order valence-electron chi connectivity index (χ1n) is 6.26. The molecule has 1 aliphatic rings. The first-order valence-corrected chi connectivity index (χ1v) is 6.26. The number of carbonyl (C=O) groups is 3. The lowest BCUT2D eigenvalue weighted by atomic mass is 10.1. The number of benzene rings is 1. The molecule has 0 saturated carbocycles. The molecule has 1 atom stereocenters. The molecule has 102 valence electrons. The van der Waals surface area contributed by atoms with Gasteiger partial charge in [-0.25, -0.2) is 0 Å². The zero-order chi connectivity index (χ0) is 14.1. The van der Waals surface area contributed by atoms with Gasteiger partial charge in [0.2, 0.25) is 11.8 Å². The highest BCUT2D eigenvalue weighted by molar-refractivity contribution is 6.08. The van der Waals surface area contributed by atoms with Gasteiger partial charge in [-0.3, -0.25) is 19.7 Å². The number of piperidine rings is 1. The summed E-state index contributed by atoms with van der Waals surface area (Å²) in [6.45, 7) is 0. The molecular formula is C14H12N2O4. The highest BCUT2D eigenvalue weighted by atomic mass is 16.3. The summed E-state index contributed by atoms with van der Waals surface area (Å²) in [6.07, 6.45) is 1.90. The summed E-state index contributed by atoms with van der Waals surface area (Å²) in [5.74, 6) is -1.17. The third-order valence-corrected chi connectivity index (χ3v) is 3.27. The average molecular weight is 272 g/mol. The maximum atomic E-state index is 12.2. The van der Waals surface area contributed by atoms with Gasteiger partial charge in [0.1, 0.15) is 17.9 Å². The van der Waals surface area contributed by atoms with Gasteiger partial charge in [0, 0.05) is 11.8 Å². The molecule has 1 aliphatic heterocycles. The minimum atomic E-state index is -0.686. The standard InChI is InChI=1S/C14H12N2O4/c17-12-6-5-10(14(19)16-12)15-13(18)9-7-20-11-4-2-1-3-8(9)11/h1-4,7,10H,5-6H2,(H,15,18)(H,16,17,19)/t10-/m1/s1. The number of carbonyl (C=O) groups excluding carboxylic acids is 3. The fourth-order valence-corrected chi connectivity index (χ4v) is 2.22. The lowest BCUT2D eigenvalue weighted by Gasteiger charge is -2.21. The minimum Gasteiger partial charge on any atom is -0.463 e. The third kappa shape index (κ3) is 2.16. The van der Waals surface area contributed by atoms with Crippen LogP contribution in [0.15, 0.2) is 34.9 Å². The van der Waals surface area contributed by atoms with Gasteiger partial charge >= 0.3 is 0 Å². The molecule has 2 aromatic rings. The number of amides is 3. The number of rotatable bonds is 2. The highest BCUT2D eigenvalue weighted by Gasteiger charge is 2.28. The van der Waals surface area contributed by atoms with Crippen LogP contribution in [0.25, 0.3) is 11.0 Å². The summed E-state index contributed by atoms with van der Waals surface area (Å²) in [7, 11) is 0. The SMILES string of the molecule is O=C1CC[C@@H](NC(=O)c2coc3ccccc23)C(=O)N1. The highest BCUT2D eigenvalue weighted by Crippen LogP contribution is 2.20. The van der Waals surface area contributed by atoms with Crippen LogP contribution in [0.4, 0.5) is 0 Å². The Bertz CT molecular complexity index is 704. The van der Waals surface area contributed by atoms with Crippen LogP contribution in [-0.4, -0.2) is 23.8 Å². The molecule has 1 fully saturated rings. The molecule has 3 amide bonds. The lowest BCUT2D eigenvalue weighted by Crippen LogP contribution is -2.52. The summed E-state index contributed by atoms with van der Waals surface area (Å²) in [5, 5.41) is 5.51. The molecular weight excluding hydrogens is 260 g/mol. The summed E-state index contributed by atoms with van der Waals surface area (Å²) in [6, 6.07) is 6.47. The predicted molar refractivity (Wildman–Crippen MR) is 69.9 cm³/mol. The van der Waals surface area contributed by atoms with Gasteiger partial charge in [-0.1, -0.05) is 18.2 Å². The smallest absolute Gasteiger partial charge is 0.255 e. The molecule has 6 heteroatoms. The van der Waals surface area contributed by atoms with Crippen LogP contribution in [0, 0.1) is 0 Å². The molecule has 3 rings (SSSR count). The second kappa shape index (κ2) is 4.80. The van der Waals surface area contributed by atoms with Crippen LogP contribution in [0.3, 0.4) is 0 Å². The van der Waals surface area contributed by atoms with E-state index < -0.39 is 11.9 Å². The molecule has 1 saturated heterocycles. The maximum absolute atomic E-state index is 12.2. The summed E-state index contributed by atoms with van der Waals surface area (Å²) in [5.41, 5.74) is 0.992. The Morgan fingerprint density at radius 3 is 2.90 bits per heavy atom. The molecule has 6 nitrogen and oxygen atoms in total. The van der Waals surface area contributed by atoms with Crippen LogP contribution >= 0.6 is 0 Å². The molecule has 2 heterocycles. The van der Waals surface area contributed by atoms with Gasteiger partial charge in [0.15, 0.2) is 0 Å². The van der Waals surface area contributed by atoms with E-state index in [9.17, 15) is 14.4 Å². The number of furan rings is 1. The van der Waals surface area contributed by atoms with Crippen molar-refractivity contribution < 1.29 is 18.8 Å². The minimum absolute atomic E-state index is 0.225. The predicted octanol–water partition coefficient (Wildman–Crippen LogP) is 0.968. The van der Waals surface area contributed by atoms with E-state index in [1.807, 2.05) is 6.07 Å². The van der Waals surface area contributed by atoms with E-state index in [1.54, 1.807) is 18.2 Å². The first kappa shape index (κ1) is 12.4. The van der Waals surface area contributed by atoms with Crippen molar-refractivity contribution in [3.05, 3.63) is 36.1 Å². The van der Waals surface area contributed by atoms with Crippen molar-refractivity contribution in [2.45, 2.75) is 18.9 Å². The Balaban J connectivity index is 1.80. The van der Waals surface area contributed by atoms with Crippen molar-refractivity contribution in [2.75, 3.05) is 0 Å². The van der Waals surface area contributed by atoms with Crippen LogP contribution in [0.1, 0.15) is 23.2 Å². The Labute approximate surface area is 114 Å². The van der Waals surface area contributed by atoms with E-state index in [1.165, 1.54) is 6.26 Å². The summed E-state index contributed by atoms with van der Waals surface area (Å²) >= 11 is 0. The van der Waals surface area contributed by atoms with E-state index in [0.29, 0.717) is 23.0 Å². The molecule has 0 radical (unpaired) electrons. The van der Waals surface area contributed by atoms with Crippen LogP contribution in [0.2, 0.25) is 0 Å². The molecule has 0 aliphatic carbocycles. The molecule has 1 aromatic carbocycles.